The Kier molecular flexibility index (Phi) is 5.84. The fraction of sp³-hybridized carbons (Fsp3) is 0.238. The second-order valence-corrected chi connectivity index (χ2v) is 9.08. The summed E-state index contributed by atoms with van der Waals surface area (Å²) in [7, 11) is -4.19. The van der Waals surface area contributed by atoms with Crippen LogP contribution in [0.3, 0.4) is 0 Å². The van der Waals surface area contributed by atoms with E-state index in [1.807, 2.05) is 24.4 Å². The van der Waals surface area contributed by atoms with E-state index in [9.17, 15) is 22.0 Å². The van der Waals surface area contributed by atoms with E-state index in [4.69, 9.17) is 0 Å². The van der Waals surface area contributed by atoms with Crippen molar-refractivity contribution in [2.24, 2.45) is 0 Å². The summed E-state index contributed by atoms with van der Waals surface area (Å²) >= 11 is 0. The summed E-state index contributed by atoms with van der Waals surface area (Å²) < 4.78 is 55.6. The number of aromatic nitrogens is 2. The Labute approximate surface area is 178 Å². The van der Waals surface area contributed by atoms with Crippen molar-refractivity contribution in [1.82, 2.24) is 19.0 Å². The number of carbonyl (C=O) groups excluding carboxylic acids is 1. The first-order valence-corrected chi connectivity index (χ1v) is 11.1. The zero-order valence-corrected chi connectivity index (χ0v) is 17.3. The van der Waals surface area contributed by atoms with Gasteiger partial charge in [-0.2, -0.15) is 9.40 Å². The highest BCUT2D eigenvalue weighted by Crippen LogP contribution is 2.22. The van der Waals surface area contributed by atoms with Gasteiger partial charge in [0.25, 0.3) is 5.91 Å². The second-order valence-electron chi connectivity index (χ2n) is 7.17. The molecular formula is C21H20F2N4O3S. The minimum absolute atomic E-state index is 0.00140. The highest BCUT2D eigenvalue weighted by molar-refractivity contribution is 7.89. The minimum atomic E-state index is -4.19. The molecule has 4 rings (SSSR count). The molecule has 0 atom stereocenters. The molecule has 1 aliphatic rings. The van der Waals surface area contributed by atoms with Crippen LogP contribution in [0.4, 0.5) is 8.78 Å². The first-order chi connectivity index (χ1) is 14.8. The summed E-state index contributed by atoms with van der Waals surface area (Å²) in [4.78, 5) is 13.6. The highest BCUT2D eigenvalue weighted by atomic mass is 32.2. The van der Waals surface area contributed by atoms with Crippen LogP contribution < -0.4 is 0 Å². The molecule has 0 unspecified atom stereocenters. The molecule has 10 heteroatoms. The summed E-state index contributed by atoms with van der Waals surface area (Å²) in [6.07, 6.45) is 3.54. The number of carbonyl (C=O) groups is 1. The SMILES string of the molecule is O=C(c1ccc(Cn2cccn2)cc1)N1CCN(S(=O)(=O)c2cc(F)ccc2F)CC1. The van der Waals surface area contributed by atoms with Crippen molar-refractivity contribution in [1.29, 1.82) is 0 Å². The third-order valence-electron chi connectivity index (χ3n) is 5.14. The lowest BCUT2D eigenvalue weighted by molar-refractivity contribution is 0.0697. The van der Waals surface area contributed by atoms with Crippen LogP contribution >= 0.6 is 0 Å². The van der Waals surface area contributed by atoms with Crippen LogP contribution in [0.2, 0.25) is 0 Å². The van der Waals surface area contributed by atoms with Crippen LogP contribution in [0, 0.1) is 11.6 Å². The molecule has 2 aromatic carbocycles. The van der Waals surface area contributed by atoms with Gasteiger partial charge < -0.3 is 4.90 Å². The van der Waals surface area contributed by atoms with Gasteiger partial charge in [0.15, 0.2) is 0 Å². The molecule has 2 heterocycles. The van der Waals surface area contributed by atoms with Crippen LogP contribution in [0.15, 0.2) is 65.8 Å². The van der Waals surface area contributed by atoms with Crippen LogP contribution in [0.1, 0.15) is 15.9 Å². The third kappa shape index (κ3) is 4.49. The van der Waals surface area contributed by atoms with Gasteiger partial charge in [-0.3, -0.25) is 9.48 Å². The van der Waals surface area contributed by atoms with Gasteiger partial charge in [-0.25, -0.2) is 17.2 Å². The van der Waals surface area contributed by atoms with E-state index >= 15 is 0 Å². The predicted octanol–water partition coefficient (Wildman–Crippen LogP) is 2.36. The topological polar surface area (TPSA) is 75.5 Å². The molecular weight excluding hydrogens is 426 g/mol. The molecule has 0 N–H and O–H groups in total. The molecule has 0 saturated carbocycles. The Morgan fingerprint density at radius 1 is 1.00 bits per heavy atom. The van der Waals surface area contributed by atoms with Gasteiger partial charge in [-0.15, -0.1) is 0 Å². The molecule has 0 radical (unpaired) electrons. The number of hydrogen-bond donors (Lipinski definition) is 0. The zero-order chi connectivity index (χ0) is 22.0. The molecule has 1 amide bonds. The van der Waals surface area contributed by atoms with E-state index < -0.39 is 26.6 Å². The summed E-state index contributed by atoms with van der Waals surface area (Å²) in [5.41, 5.74) is 1.49. The average Bonchev–Trinajstić information content (AvgIpc) is 3.28. The first-order valence-electron chi connectivity index (χ1n) is 9.65. The van der Waals surface area contributed by atoms with E-state index in [0.717, 1.165) is 22.0 Å². The standard InChI is InChI=1S/C21H20F2N4O3S/c22-18-6-7-19(23)20(14-18)31(29,30)27-12-10-25(11-13-27)21(28)17-4-2-16(3-5-17)15-26-9-1-8-24-26/h1-9,14H,10-13,15H2. The van der Waals surface area contributed by atoms with Crippen molar-refractivity contribution < 1.29 is 22.0 Å². The molecule has 1 fully saturated rings. The van der Waals surface area contributed by atoms with E-state index in [1.165, 1.54) is 0 Å². The van der Waals surface area contributed by atoms with Crippen molar-refractivity contribution in [3.05, 3.63) is 83.7 Å². The van der Waals surface area contributed by atoms with Gasteiger partial charge in [0.2, 0.25) is 10.0 Å². The normalized spacial score (nSPS) is 15.2. The Morgan fingerprint density at radius 3 is 2.35 bits per heavy atom. The molecule has 3 aromatic rings. The predicted molar refractivity (Wildman–Crippen MR) is 109 cm³/mol. The van der Waals surface area contributed by atoms with Gasteiger partial charge in [0, 0.05) is 44.1 Å². The van der Waals surface area contributed by atoms with Crippen LogP contribution in [-0.2, 0) is 16.6 Å². The van der Waals surface area contributed by atoms with Gasteiger partial charge in [0.05, 0.1) is 6.54 Å². The Hall–Kier alpha value is -3.11. The molecule has 0 bridgehead atoms. The van der Waals surface area contributed by atoms with Gasteiger partial charge in [0.1, 0.15) is 16.5 Å². The maximum absolute atomic E-state index is 14.0. The average molecular weight is 446 g/mol. The van der Waals surface area contributed by atoms with Crippen molar-refractivity contribution in [3.8, 4) is 0 Å². The first kappa shape index (κ1) is 21.1. The number of rotatable bonds is 5. The van der Waals surface area contributed by atoms with Gasteiger partial charge in [-0.1, -0.05) is 12.1 Å². The molecule has 162 valence electrons. The van der Waals surface area contributed by atoms with Crippen molar-refractivity contribution in [3.63, 3.8) is 0 Å². The number of halogens is 2. The van der Waals surface area contributed by atoms with E-state index in [0.29, 0.717) is 18.2 Å². The van der Waals surface area contributed by atoms with Crippen LogP contribution in [0.5, 0.6) is 0 Å². The summed E-state index contributed by atoms with van der Waals surface area (Å²) in [5.74, 6) is -2.04. The maximum atomic E-state index is 14.0. The number of hydrogen-bond acceptors (Lipinski definition) is 4. The summed E-state index contributed by atoms with van der Waals surface area (Å²) in [5, 5.41) is 4.14. The largest absolute Gasteiger partial charge is 0.336 e. The maximum Gasteiger partial charge on any atom is 0.253 e. The number of piperazine rings is 1. The lowest BCUT2D eigenvalue weighted by atomic mass is 10.1. The number of benzene rings is 2. The Morgan fingerprint density at radius 2 is 1.71 bits per heavy atom. The minimum Gasteiger partial charge on any atom is -0.336 e. The molecule has 7 nitrogen and oxygen atoms in total. The molecule has 31 heavy (non-hydrogen) atoms. The molecule has 1 aliphatic heterocycles. The highest BCUT2D eigenvalue weighted by Gasteiger charge is 2.32. The second kappa shape index (κ2) is 8.56. The number of amides is 1. The fourth-order valence-electron chi connectivity index (χ4n) is 3.46. The van der Waals surface area contributed by atoms with E-state index in [-0.39, 0.29) is 32.1 Å². The van der Waals surface area contributed by atoms with E-state index in [2.05, 4.69) is 5.10 Å². The lowest BCUT2D eigenvalue weighted by Gasteiger charge is -2.34. The summed E-state index contributed by atoms with van der Waals surface area (Å²) in [6.45, 7) is 0.908. The number of nitrogens with zero attached hydrogens (tertiary/aromatic N) is 4. The fourth-order valence-corrected chi connectivity index (χ4v) is 4.96. The quantitative estimate of drug-likeness (QED) is 0.603. The Balaban J connectivity index is 1.40. The molecule has 1 saturated heterocycles. The van der Waals surface area contributed by atoms with Crippen molar-refractivity contribution in [2.75, 3.05) is 26.2 Å². The third-order valence-corrected chi connectivity index (χ3v) is 7.06. The van der Waals surface area contributed by atoms with Gasteiger partial charge in [-0.05, 0) is 42.0 Å². The monoisotopic (exact) mass is 446 g/mol. The molecule has 0 spiro atoms. The number of sulfonamides is 1. The smallest absolute Gasteiger partial charge is 0.253 e. The molecule has 0 aliphatic carbocycles. The van der Waals surface area contributed by atoms with E-state index in [1.54, 1.807) is 27.9 Å². The van der Waals surface area contributed by atoms with Crippen LogP contribution in [0.25, 0.3) is 0 Å². The lowest BCUT2D eigenvalue weighted by Crippen LogP contribution is -2.50. The zero-order valence-electron chi connectivity index (χ0n) is 16.5. The van der Waals surface area contributed by atoms with Crippen LogP contribution in [-0.4, -0.2) is 59.5 Å². The Bertz CT molecular complexity index is 1170. The van der Waals surface area contributed by atoms with Crippen molar-refractivity contribution >= 4 is 15.9 Å². The molecule has 1 aromatic heterocycles. The summed E-state index contributed by atoms with van der Waals surface area (Å²) in [6, 6.07) is 11.3. The van der Waals surface area contributed by atoms with Crippen molar-refractivity contribution in [2.45, 2.75) is 11.4 Å². The van der Waals surface area contributed by atoms with Gasteiger partial charge >= 0.3 is 0 Å².